The fraction of sp³-hybridized carbons (Fsp3) is 0.278. The molecule has 0 spiro atoms. The van der Waals surface area contributed by atoms with E-state index in [9.17, 15) is 13.2 Å². The van der Waals surface area contributed by atoms with E-state index in [1.807, 2.05) is 19.9 Å². The molecule has 0 unspecified atom stereocenters. The van der Waals surface area contributed by atoms with Crippen LogP contribution in [0.4, 0.5) is 11.4 Å². The van der Waals surface area contributed by atoms with Gasteiger partial charge in [-0.2, -0.15) is 0 Å². The number of amides is 1. The molecule has 0 radical (unpaired) electrons. The Bertz CT molecular complexity index is 955. The van der Waals surface area contributed by atoms with E-state index < -0.39 is 10.0 Å². The quantitative estimate of drug-likeness (QED) is 0.831. The lowest BCUT2D eigenvalue weighted by molar-refractivity contribution is -0.115. The summed E-state index contributed by atoms with van der Waals surface area (Å²) in [5, 5.41) is 3.24. The van der Waals surface area contributed by atoms with Crippen LogP contribution in [0.1, 0.15) is 30.5 Å². The second kappa shape index (κ2) is 6.69. The van der Waals surface area contributed by atoms with Crippen molar-refractivity contribution in [2.24, 2.45) is 0 Å². The van der Waals surface area contributed by atoms with Gasteiger partial charge in [0.2, 0.25) is 5.91 Å². The zero-order chi connectivity index (χ0) is 18.2. The Kier molecular flexibility index (Phi) is 4.75. The van der Waals surface area contributed by atoms with Crippen molar-refractivity contribution in [3.05, 3.63) is 52.0 Å². The van der Waals surface area contributed by atoms with Crippen LogP contribution in [0.25, 0.3) is 0 Å². The van der Waals surface area contributed by atoms with Gasteiger partial charge in [-0.05, 0) is 53.8 Å². The summed E-state index contributed by atoms with van der Waals surface area (Å²) in [4.78, 5) is 11.6. The molecule has 1 aliphatic heterocycles. The number of halogens is 1. The summed E-state index contributed by atoms with van der Waals surface area (Å²) >= 11 is 6.25. The van der Waals surface area contributed by atoms with Crippen molar-refractivity contribution >= 4 is 38.9 Å². The van der Waals surface area contributed by atoms with Crippen molar-refractivity contribution in [2.75, 3.05) is 10.0 Å². The van der Waals surface area contributed by atoms with Gasteiger partial charge in [0, 0.05) is 10.7 Å². The van der Waals surface area contributed by atoms with Crippen LogP contribution in [0, 0.1) is 0 Å². The fourth-order valence-corrected chi connectivity index (χ4v) is 4.48. The lowest BCUT2D eigenvalue weighted by atomic mass is 10.0. The first-order valence-electron chi connectivity index (χ1n) is 8.11. The van der Waals surface area contributed by atoms with Crippen LogP contribution in [0.5, 0.6) is 0 Å². The Morgan fingerprint density at radius 1 is 1.16 bits per heavy atom. The molecule has 0 saturated carbocycles. The molecule has 0 fully saturated rings. The number of rotatable bonds is 5. The molecule has 132 valence electrons. The van der Waals surface area contributed by atoms with E-state index in [0.717, 1.165) is 11.1 Å². The van der Waals surface area contributed by atoms with Gasteiger partial charge in [-0.1, -0.05) is 31.5 Å². The molecule has 5 nitrogen and oxygen atoms in total. The van der Waals surface area contributed by atoms with Gasteiger partial charge in [0.1, 0.15) is 0 Å². The van der Waals surface area contributed by atoms with E-state index in [0.29, 0.717) is 34.8 Å². The monoisotopic (exact) mass is 378 g/mol. The molecule has 1 aliphatic rings. The van der Waals surface area contributed by atoms with E-state index in [1.165, 1.54) is 12.1 Å². The zero-order valence-corrected chi connectivity index (χ0v) is 15.6. The molecular weight excluding hydrogens is 360 g/mol. The molecule has 2 aromatic carbocycles. The second-order valence-electron chi connectivity index (χ2n) is 5.92. The van der Waals surface area contributed by atoms with Crippen molar-refractivity contribution in [2.45, 2.75) is 38.0 Å². The highest BCUT2D eigenvalue weighted by molar-refractivity contribution is 7.92. The molecule has 1 heterocycles. The number of hydrogen-bond acceptors (Lipinski definition) is 3. The highest BCUT2D eigenvalue weighted by Gasteiger charge is 2.23. The van der Waals surface area contributed by atoms with E-state index in [-0.39, 0.29) is 17.2 Å². The summed E-state index contributed by atoms with van der Waals surface area (Å²) in [6, 6.07) is 8.29. The Hall–Kier alpha value is -2.05. The SMILES string of the molecule is CCc1ccc(Cl)c(CC)c1NS(=O)(=O)c1ccc2c(c1)CC(=O)N2. The molecule has 0 aliphatic carbocycles. The lowest BCUT2D eigenvalue weighted by Gasteiger charge is -2.17. The molecule has 3 rings (SSSR count). The number of carbonyl (C=O) groups is 1. The molecule has 2 aromatic rings. The smallest absolute Gasteiger partial charge is 0.261 e. The number of carbonyl (C=O) groups excluding carboxylic acids is 1. The standard InChI is InChI=1S/C18H19ClN2O3S/c1-3-11-5-7-15(19)14(4-2)18(11)21-25(23,24)13-6-8-16-12(9-13)10-17(22)20-16/h5-9,21H,3-4,10H2,1-2H3,(H,20,22). The van der Waals surface area contributed by atoms with Crippen LogP contribution in [-0.4, -0.2) is 14.3 Å². The van der Waals surface area contributed by atoms with E-state index in [4.69, 9.17) is 11.6 Å². The maximum absolute atomic E-state index is 12.9. The summed E-state index contributed by atoms with van der Waals surface area (Å²) in [6.45, 7) is 3.90. The zero-order valence-electron chi connectivity index (χ0n) is 14.0. The number of hydrogen-bond donors (Lipinski definition) is 2. The lowest BCUT2D eigenvalue weighted by Crippen LogP contribution is -2.16. The number of sulfonamides is 1. The fourth-order valence-electron chi connectivity index (χ4n) is 3.00. The minimum atomic E-state index is -3.78. The highest BCUT2D eigenvalue weighted by Crippen LogP contribution is 2.32. The van der Waals surface area contributed by atoms with Crippen molar-refractivity contribution < 1.29 is 13.2 Å². The summed E-state index contributed by atoms with van der Waals surface area (Å²) in [5.41, 5.74) is 3.57. The van der Waals surface area contributed by atoms with Gasteiger partial charge in [-0.25, -0.2) is 8.42 Å². The number of nitrogens with one attached hydrogen (secondary N) is 2. The van der Waals surface area contributed by atoms with E-state index >= 15 is 0 Å². The number of aryl methyl sites for hydroxylation is 1. The minimum Gasteiger partial charge on any atom is -0.326 e. The van der Waals surface area contributed by atoms with Crippen LogP contribution in [-0.2, 0) is 34.1 Å². The third kappa shape index (κ3) is 3.37. The van der Waals surface area contributed by atoms with Crippen LogP contribution < -0.4 is 10.0 Å². The maximum atomic E-state index is 12.9. The summed E-state index contributed by atoms with van der Waals surface area (Å²) in [5.74, 6) is -0.131. The minimum absolute atomic E-state index is 0.131. The Labute approximate surface area is 152 Å². The predicted octanol–water partition coefficient (Wildman–Crippen LogP) is 3.76. The highest BCUT2D eigenvalue weighted by atomic mass is 35.5. The van der Waals surface area contributed by atoms with Crippen LogP contribution in [0.15, 0.2) is 35.2 Å². The number of benzene rings is 2. The molecule has 25 heavy (non-hydrogen) atoms. The Morgan fingerprint density at radius 2 is 1.92 bits per heavy atom. The Morgan fingerprint density at radius 3 is 2.60 bits per heavy atom. The van der Waals surface area contributed by atoms with Crippen LogP contribution in [0.3, 0.4) is 0 Å². The van der Waals surface area contributed by atoms with Gasteiger partial charge in [0.05, 0.1) is 17.0 Å². The molecule has 0 saturated heterocycles. The van der Waals surface area contributed by atoms with Crippen molar-refractivity contribution in [3.63, 3.8) is 0 Å². The first-order valence-corrected chi connectivity index (χ1v) is 9.97. The largest absolute Gasteiger partial charge is 0.326 e. The molecule has 0 atom stereocenters. The first kappa shape index (κ1) is 17.8. The van der Waals surface area contributed by atoms with Crippen LogP contribution >= 0.6 is 11.6 Å². The van der Waals surface area contributed by atoms with E-state index in [1.54, 1.807) is 12.1 Å². The van der Waals surface area contributed by atoms with Gasteiger partial charge in [0.25, 0.3) is 10.0 Å². The maximum Gasteiger partial charge on any atom is 0.261 e. The Balaban J connectivity index is 2.02. The molecule has 7 heteroatoms. The first-order chi connectivity index (χ1) is 11.9. The van der Waals surface area contributed by atoms with Crippen molar-refractivity contribution in [1.82, 2.24) is 0 Å². The summed E-state index contributed by atoms with van der Waals surface area (Å²) < 4.78 is 28.4. The third-order valence-electron chi connectivity index (χ3n) is 4.33. The molecule has 0 aromatic heterocycles. The topological polar surface area (TPSA) is 75.3 Å². The average Bonchev–Trinajstić information content (AvgIpc) is 2.94. The number of anilines is 2. The van der Waals surface area contributed by atoms with Gasteiger partial charge >= 0.3 is 0 Å². The second-order valence-corrected chi connectivity index (χ2v) is 8.01. The summed E-state index contributed by atoms with van der Waals surface area (Å²) in [7, 11) is -3.78. The molecule has 1 amide bonds. The molecule has 0 bridgehead atoms. The average molecular weight is 379 g/mol. The normalized spacial score (nSPS) is 13.5. The van der Waals surface area contributed by atoms with Gasteiger partial charge in [-0.15, -0.1) is 0 Å². The molecular formula is C18H19ClN2O3S. The van der Waals surface area contributed by atoms with Gasteiger partial charge < -0.3 is 5.32 Å². The van der Waals surface area contributed by atoms with Gasteiger partial charge in [0.15, 0.2) is 0 Å². The van der Waals surface area contributed by atoms with Crippen molar-refractivity contribution in [3.8, 4) is 0 Å². The summed E-state index contributed by atoms with van der Waals surface area (Å²) in [6.07, 6.45) is 1.49. The van der Waals surface area contributed by atoms with E-state index in [2.05, 4.69) is 10.0 Å². The third-order valence-corrected chi connectivity index (χ3v) is 6.03. The van der Waals surface area contributed by atoms with Crippen molar-refractivity contribution in [1.29, 1.82) is 0 Å². The van der Waals surface area contributed by atoms with Crippen LogP contribution in [0.2, 0.25) is 5.02 Å². The molecule has 2 N–H and O–H groups in total. The van der Waals surface area contributed by atoms with Gasteiger partial charge in [-0.3, -0.25) is 9.52 Å². The predicted molar refractivity (Wildman–Crippen MR) is 99.8 cm³/mol. The number of fused-ring (bicyclic) bond motifs is 1.